The molecule has 1 aliphatic heterocycles. The van der Waals surface area contributed by atoms with Crippen LogP contribution in [0, 0.1) is 12.3 Å². The number of terminal acetylenes is 1. The highest BCUT2D eigenvalue weighted by Crippen LogP contribution is 2.24. The van der Waals surface area contributed by atoms with Crippen molar-refractivity contribution in [3.63, 3.8) is 0 Å². The van der Waals surface area contributed by atoms with Gasteiger partial charge in [-0.15, -0.1) is 13.0 Å². The number of pyridine rings is 1. The van der Waals surface area contributed by atoms with E-state index in [0.29, 0.717) is 0 Å². The average molecular weight is 475 g/mol. The Hall–Kier alpha value is -4.09. The van der Waals surface area contributed by atoms with Gasteiger partial charge in [0, 0.05) is 26.0 Å². The standard InChI is InChI=1S/C28H24N2.C4H8.C2H6/c1-3-23(24-10-12-26(13-11-24)28-16-20-30(2)21-17-28)7-4-22-5-8-25(9-6-22)27-14-18-29-19-15-27;1-4(2)3;1-2/h1,4-20,23H,21H2,2H3;1H2,2-3H3;1-2H3/b7-4+;;. The van der Waals surface area contributed by atoms with E-state index in [9.17, 15) is 0 Å². The fourth-order valence-electron chi connectivity index (χ4n) is 3.48. The Labute approximate surface area is 218 Å². The van der Waals surface area contributed by atoms with E-state index in [1.54, 1.807) is 0 Å². The minimum atomic E-state index is -0.0547. The molecule has 1 atom stereocenters. The van der Waals surface area contributed by atoms with Crippen LogP contribution in [0.1, 0.15) is 50.3 Å². The molecular weight excluding hydrogens is 436 g/mol. The van der Waals surface area contributed by atoms with Crippen molar-refractivity contribution in [1.29, 1.82) is 0 Å². The lowest BCUT2D eigenvalue weighted by Gasteiger charge is -2.17. The number of benzene rings is 2. The van der Waals surface area contributed by atoms with Crippen LogP contribution in [0.2, 0.25) is 0 Å². The van der Waals surface area contributed by atoms with E-state index in [4.69, 9.17) is 6.42 Å². The molecule has 0 saturated heterocycles. The van der Waals surface area contributed by atoms with Crippen LogP contribution < -0.4 is 0 Å². The summed E-state index contributed by atoms with van der Waals surface area (Å²) in [5.41, 5.74) is 8.23. The maximum Gasteiger partial charge on any atom is 0.0633 e. The predicted octanol–water partition coefficient (Wildman–Crippen LogP) is 8.63. The van der Waals surface area contributed by atoms with Crippen molar-refractivity contribution in [2.75, 3.05) is 13.6 Å². The molecule has 4 rings (SSSR count). The zero-order valence-electron chi connectivity index (χ0n) is 22.3. The molecule has 0 amide bonds. The molecule has 0 fully saturated rings. The van der Waals surface area contributed by atoms with E-state index >= 15 is 0 Å². The molecule has 2 heterocycles. The molecule has 1 aromatic heterocycles. The van der Waals surface area contributed by atoms with Gasteiger partial charge in [0.25, 0.3) is 0 Å². The van der Waals surface area contributed by atoms with E-state index in [-0.39, 0.29) is 5.92 Å². The fourth-order valence-corrected chi connectivity index (χ4v) is 3.48. The number of hydrogen-bond donors (Lipinski definition) is 0. The molecular formula is C34H38N2. The molecule has 0 saturated carbocycles. The first kappa shape index (κ1) is 28.1. The van der Waals surface area contributed by atoms with Gasteiger partial charge in [-0.2, -0.15) is 0 Å². The van der Waals surface area contributed by atoms with Gasteiger partial charge in [0.15, 0.2) is 0 Å². The van der Waals surface area contributed by atoms with Gasteiger partial charge in [-0.1, -0.05) is 92.1 Å². The second kappa shape index (κ2) is 15.0. The highest BCUT2D eigenvalue weighted by molar-refractivity contribution is 5.75. The molecule has 2 nitrogen and oxygen atoms in total. The van der Waals surface area contributed by atoms with Crippen molar-refractivity contribution in [1.82, 2.24) is 9.88 Å². The number of likely N-dealkylation sites (N-methyl/N-ethyl adjacent to an activating group) is 1. The van der Waals surface area contributed by atoms with Crippen molar-refractivity contribution in [3.05, 3.63) is 126 Å². The quantitative estimate of drug-likeness (QED) is 0.272. The van der Waals surface area contributed by atoms with Crippen LogP contribution in [0.25, 0.3) is 22.8 Å². The van der Waals surface area contributed by atoms with Crippen molar-refractivity contribution in [2.45, 2.75) is 33.6 Å². The summed E-state index contributed by atoms with van der Waals surface area (Å²) in [4.78, 5) is 6.23. The summed E-state index contributed by atoms with van der Waals surface area (Å²) in [7, 11) is 2.07. The molecule has 1 aliphatic rings. The minimum absolute atomic E-state index is 0.0547. The second-order valence-electron chi connectivity index (χ2n) is 8.61. The zero-order valence-corrected chi connectivity index (χ0v) is 22.3. The van der Waals surface area contributed by atoms with Gasteiger partial charge in [0.1, 0.15) is 0 Å². The lowest BCUT2D eigenvalue weighted by Crippen LogP contribution is -2.13. The van der Waals surface area contributed by atoms with Crippen molar-refractivity contribution in [2.24, 2.45) is 0 Å². The summed E-state index contributed by atoms with van der Waals surface area (Å²) in [6, 6.07) is 21.1. The summed E-state index contributed by atoms with van der Waals surface area (Å²) in [5, 5.41) is 0. The third-order valence-corrected chi connectivity index (χ3v) is 5.30. The van der Waals surface area contributed by atoms with Crippen LogP contribution in [-0.4, -0.2) is 23.5 Å². The number of aromatic nitrogens is 1. The maximum atomic E-state index is 5.83. The Morgan fingerprint density at radius 2 is 1.50 bits per heavy atom. The van der Waals surface area contributed by atoms with Crippen LogP contribution >= 0.6 is 0 Å². The van der Waals surface area contributed by atoms with Gasteiger partial charge in [-0.25, -0.2) is 0 Å². The van der Waals surface area contributed by atoms with Crippen LogP contribution in [0.5, 0.6) is 0 Å². The van der Waals surface area contributed by atoms with Gasteiger partial charge in [-0.3, -0.25) is 4.98 Å². The van der Waals surface area contributed by atoms with Crippen molar-refractivity contribution in [3.8, 4) is 23.5 Å². The number of rotatable bonds is 5. The van der Waals surface area contributed by atoms with Gasteiger partial charge in [0.05, 0.1) is 5.92 Å². The van der Waals surface area contributed by atoms with Crippen LogP contribution in [0.4, 0.5) is 0 Å². The zero-order chi connectivity index (χ0) is 26.3. The Kier molecular flexibility index (Phi) is 11.7. The smallest absolute Gasteiger partial charge is 0.0633 e. The molecule has 0 spiro atoms. The molecule has 0 radical (unpaired) electrons. The molecule has 0 bridgehead atoms. The second-order valence-corrected chi connectivity index (χ2v) is 8.61. The Morgan fingerprint density at radius 3 is 2.03 bits per heavy atom. The Balaban J connectivity index is 0.000000694. The minimum Gasteiger partial charge on any atom is -0.377 e. The molecule has 36 heavy (non-hydrogen) atoms. The van der Waals surface area contributed by atoms with E-state index in [0.717, 1.165) is 23.2 Å². The normalized spacial score (nSPS) is 12.9. The first-order chi connectivity index (χ1) is 17.5. The van der Waals surface area contributed by atoms with Gasteiger partial charge in [0.2, 0.25) is 0 Å². The molecule has 0 N–H and O–H groups in total. The third kappa shape index (κ3) is 8.93. The number of nitrogens with zero attached hydrogens (tertiary/aromatic N) is 2. The highest BCUT2D eigenvalue weighted by atomic mass is 15.1. The lowest BCUT2D eigenvalue weighted by atomic mass is 9.95. The first-order valence-corrected chi connectivity index (χ1v) is 12.4. The average Bonchev–Trinajstić information content (AvgIpc) is 2.92. The monoisotopic (exact) mass is 474 g/mol. The topological polar surface area (TPSA) is 16.1 Å². The first-order valence-electron chi connectivity index (χ1n) is 12.4. The van der Waals surface area contributed by atoms with Gasteiger partial charge >= 0.3 is 0 Å². The maximum absolute atomic E-state index is 5.83. The number of allylic oxidation sites excluding steroid dienone is 4. The summed E-state index contributed by atoms with van der Waals surface area (Å²) in [6.45, 7) is 12.4. The molecule has 184 valence electrons. The van der Waals surface area contributed by atoms with E-state index in [1.165, 1.54) is 22.3 Å². The third-order valence-electron chi connectivity index (χ3n) is 5.30. The molecule has 2 heteroatoms. The van der Waals surface area contributed by atoms with E-state index < -0.39 is 0 Å². The van der Waals surface area contributed by atoms with Crippen molar-refractivity contribution >= 4 is 11.6 Å². The number of hydrogen-bond acceptors (Lipinski definition) is 2. The summed E-state index contributed by atoms with van der Waals surface area (Å²) < 4.78 is 0. The largest absolute Gasteiger partial charge is 0.377 e. The summed E-state index contributed by atoms with van der Waals surface area (Å²) >= 11 is 0. The SMILES string of the molecule is C#CC(/C=C/c1ccc(-c2ccncc2)cc1)c1ccc(C2=CCN(C)C=C2)cc1.C=C(C)C.CC. The Morgan fingerprint density at radius 1 is 0.944 bits per heavy atom. The molecule has 2 aromatic carbocycles. The fraction of sp³-hybridized carbons (Fsp3) is 0.206. The molecule has 3 aromatic rings. The lowest BCUT2D eigenvalue weighted by molar-refractivity contribution is 0.506. The summed E-state index contributed by atoms with van der Waals surface area (Å²) in [5.74, 6) is 2.85. The van der Waals surface area contributed by atoms with Crippen LogP contribution in [0.3, 0.4) is 0 Å². The van der Waals surface area contributed by atoms with Crippen LogP contribution in [-0.2, 0) is 0 Å². The van der Waals surface area contributed by atoms with E-state index in [2.05, 4.69) is 108 Å². The van der Waals surface area contributed by atoms with Gasteiger partial charge < -0.3 is 4.90 Å². The summed E-state index contributed by atoms with van der Waals surface area (Å²) in [6.07, 6.45) is 20.1. The predicted molar refractivity (Wildman–Crippen MR) is 158 cm³/mol. The van der Waals surface area contributed by atoms with E-state index in [1.807, 2.05) is 52.2 Å². The molecule has 1 unspecified atom stereocenters. The molecule has 0 aliphatic carbocycles. The Bertz CT molecular complexity index is 1200. The van der Waals surface area contributed by atoms with Crippen molar-refractivity contribution < 1.29 is 0 Å². The highest BCUT2D eigenvalue weighted by Gasteiger charge is 2.07. The van der Waals surface area contributed by atoms with Crippen LogP contribution in [0.15, 0.2) is 110 Å². The van der Waals surface area contributed by atoms with Gasteiger partial charge in [-0.05, 0) is 71.6 Å².